The number of ether oxygens (including phenoxy) is 2. The molecule has 0 N–H and O–H groups in total. The highest BCUT2D eigenvalue weighted by atomic mass is 16.5. The van der Waals surface area contributed by atoms with Crippen molar-refractivity contribution >= 4 is 11.9 Å². The minimum absolute atomic E-state index is 0.251. The second kappa shape index (κ2) is 10.1. The number of rotatable bonds is 9. The van der Waals surface area contributed by atoms with Crippen molar-refractivity contribution in [3.05, 3.63) is 73.3 Å². The van der Waals surface area contributed by atoms with Crippen LogP contribution in [0.25, 0.3) is 0 Å². The normalized spacial score (nSPS) is 11.4. The Balaban J connectivity index is 1.79. The van der Waals surface area contributed by atoms with E-state index in [2.05, 4.69) is 6.58 Å². The van der Waals surface area contributed by atoms with Gasteiger partial charge in [-0.1, -0.05) is 42.5 Å². The molecule has 0 amide bonds. The summed E-state index contributed by atoms with van der Waals surface area (Å²) in [5.74, 6) is 0.119. The summed E-state index contributed by atoms with van der Waals surface area (Å²) in [6, 6.07) is 17.9. The topological polar surface area (TPSA) is 52.6 Å². The van der Waals surface area contributed by atoms with Crippen molar-refractivity contribution in [1.29, 1.82) is 0 Å². The van der Waals surface area contributed by atoms with E-state index in [1.807, 2.05) is 36.4 Å². The van der Waals surface area contributed by atoms with Crippen LogP contribution in [0.2, 0.25) is 0 Å². The summed E-state index contributed by atoms with van der Waals surface area (Å²) in [5.41, 5.74) is 0. The van der Waals surface area contributed by atoms with E-state index in [-0.39, 0.29) is 24.3 Å². The first-order valence-corrected chi connectivity index (χ1v) is 8.32. The molecule has 4 nitrogen and oxygen atoms in total. The first-order chi connectivity index (χ1) is 12.2. The highest BCUT2D eigenvalue weighted by Crippen LogP contribution is 2.19. The number of carbonyl (C=O) groups excluding carboxylic acids is 2. The molecule has 4 heteroatoms. The van der Waals surface area contributed by atoms with Crippen LogP contribution in [0.4, 0.5) is 0 Å². The lowest BCUT2D eigenvalue weighted by Gasteiger charge is -2.14. The van der Waals surface area contributed by atoms with Gasteiger partial charge in [0.25, 0.3) is 0 Å². The molecule has 0 bridgehead atoms. The van der Waals surface area contributed by atoms with E-state index in [0.29, 0.717) is 30.8 Å². The van der Waals surface area contributed by atoms with Crippen LogP contribution < -0.4 is 9.47 Å². The smallest absolute Gasteiger partial charge is 0.314 e. The Morgan fingerprint density at radius 1 is 0.920 bits per heavy atom. The monoisotopic (exact) mass is 338 g/mol. The standard InChI is InChI=1S/C21H22O4/c1-2-10-17(21(23)25-19-14-7-4-8-15-19)11-9-16-20(22)24-18-12-5-3-6-13-18/h2-8,12-15,17H,1,9-11,16H2. The van der Waals surface area contributed by atoms with Gasteiger partial charge in [0.2, 0.25) is 0 Å². The highest BCUT2D eigenvalue weighted by Gasteiger charge is 2.20. The van der Waals surface area contributed by atoms with Crippen LogP contribution in [0.5, 0.6) is 11.5 Å². The summed E-state index contributed by atoms with van der Waals surface area (Å²) in [5, 5.41) is 0. The second-order valence-electron chi connectivity index (χ2n) is 5.63. The number of allylic oxidation sites excluding steroid dienone is 1. The fourth-order valence-electron chi connectivity index (χ4n) is 2.38. The van der Waals surface area contributed by atoms with Gasteiger partial charge in [-0.05, 0) is 43.5 Å². The molecule has 1 atom stereocenters. The third-order valence-electron chi connectivity index (χ3n) is 3.65. The quantitative estimate of drug-likeness (QED) is 0.382. The number of para-hydroxylation sites is 2. The maximum absolute atomic E-state index is 12.3. The third kappa shape index (κ3) is 6.63. The first-order valence-electron chi connectivity index (χ1n) is 8.32. The van der Waals surface area contributed by atoms with Gasteiger partial charge in [-0.2, -0.15) is 0 Å². The minimum atomic E-state index is -0.317. The third-order valence-corrected chi connectivity index (χ3v) is 3.65. The molecule has 25 heavy (non-hydrogen) atoms. The molecular formula is C21H22O4. The van der Waals surface area contributed by atoms with Crippen molar-refractivity contribution in [2.45, 2.75) is 25.7 Å². The predicted octanol–water partition coefficient (Wildman–Crippen LogP) is 4.56. The number of benzene rings is 2. The molecule has 0 saturated heterocycles. The van der Waals surface area contributed by atoms with Gasteiger partial charge in [-0.15, -0.1) is 6.58 Å². The zero-order valence-corrected chi connectivity index (χ0v) is 14.1. The Morgan fingerprint density at radius 3 is 2.04 bits per heavy atom. The summed E-state index contributed by atoms with van der Waals surface area (Å²) in [4.78, 5) is 24.1. The van der Waals surface area contributed by atoms with Gasteiger partial charge in [-0.3, -0.25) is 9.59 Å². The molecule has 0 aliphatic carbocycles. The molecule has 0 aliphatic heterocycles. The summed E-state index contributed by atoms with van der Waals surface area (Å²) in [7, 11) is 0. The van der Waals surface area contributed by atoms with E-state index in [4.69, 9.17) is 9.47 Å². The summed E-state index contributed by atoms with van der Waals surface area (Å²) < 4.78 is 10.6. The Bertz CT molecular complexity index is 680. The maximum Gasteiger partial charge on any atom is 0.314 e. The van der Waals surface area contributed by atoms with Crippen LogP contribution in [-0.4, -0.2) is 11.9 Å². The van der Waals surface area contributed by atoms with Gasteiger partial charge in [-0.25, -0.2) is 0 Å². The Labute approximate surface area is 148 Å². The van der Waals surface area contributed by atoms with Gasteiger partial charge < -0.3 is 9.47 Å². The Morgan fingerprint density at radius 2 is 1.48 bits per heavy atom. The van der Waals surface area contributed by atoms with Crippen molar-refractivity contribution in [2.24, 2.45) is 5.92 Å². The molecule has 2 aromatic carbocycles. The number of esters is 2. The fourth-order valence-corrected chi connectivity index (χ4v) is 2.38. The van der Waals surface area contributed by atoms with Gasteiger partial charge in [0.15, 0.2) is 0 Å². The fraction of sp³-hybridized carbons (Fsp3) is 0.238. The average molecular weight is 338 g/mol. The molecule has 130 valence electrons. The van der Waals surface area contributed by atoms with Crippen molar-refractivity contribution in [3.8, 4) is 11.5 Å². The molecule has 2 rings (SSSR count). The molecule has 1 unspecified atom stereocenters. The lowest BCUT2D eigenvalue weighted by molar-refractivity contribution is -0.140. The lowest BCUT2D eigenvalue weighted by Crippen LogP contribution is -2.20. The van der Waals surface area contributed by atoms with Gasteiger partial charge >= 0.3 is 11.9 Å². The van der Waals surface area contributed by atoms with Crippen LogP contribution in [0.3, 0.4) is 0 Å². The van der Waals surface area contributed by atoms with Crippen LogP contribution >= 0.6 is 0 Å². The molecule has 0 aliphatic rings. The van der Waals surface area contributed by atoms with Gasteiger partial charge in [0, 0.05) is 6.42 Å². The number of carbonyl (C=O) groups is 2. The average Bonchev–Trinajstić information content (AvgIpc) is 2.62. The molecule has 0 spiro atoms. The number of hydrogen-bond acceptors (Lipinski definition) is 4. The van der Waals surface area contributed by atoms with E-state index in [1.165, 1.54) is 0 Å². The second-order valence-corrected chi connectivity index (χ2v) is 5.63. The molecule has 0 saturated carbocycles. The summed E-state index contributed by atoms with van der Waals surface area (Å²) in [6.45, 7) is 3.69. The van der Waals surface area contributed by atoms with Gasteiger partial charge in [0.1, 0.15) is 11.5 Å². The summed E-state index contributed by atoms with van der Waals surface area (Å²) >= 11 is 0. The van der Waals surface area contributed by atoms with E-state index in [9.17, 15) is 9.59 Å². The maximum atomic E-state index is 12.3. The zero-order valence-electron chi connectivity index (χ0n) is 14.1. The SMILES string of the molecule is C=CCC(CCCC(=O)Oc1ccccc1)C(=O)Oc1ccccc1. The molecule has 0 radical (unpaired) electrons. The van der Waals surface area contributed by atoms with Crippen molar-refractivity contribution in [3.63, 3.8) is 0 Å². The van der Waals surface area contributed by atoms with Crippen molar-refractivity contribution in [1.82, 2.24) is 0 Å². The van der Waals surface area contributed by atoms with Crippen LogP contribution in [0, 0.1) is 5.92 Å². The molecule has 0 aromatic heterocycles. The van der Waals surface area contributed by atoms with Crippen LogP contribution in [0.15, 0.2) is 73.3 Å². The lowest BCUT2D eigenvalue weighted by atomic mass is 9.98. The van der Waals surface area contributed by atoms with E-state index < -0.39 is 0 Å². The van der Waals surface area contributed by atoms with E-state index in [1.54, 1.807) is 30.3 Å². The predicted molar refractivity (Wildman–Crippen MR) is 96.3 cm³/mol. The largest absolute Gasteiger partial charge is 0.427 e. The summed E-state index contributed by atoms with van der Waals surface area (Å²) in [6.07, 6.45) is 3.55. The van der Waals surface area contributed by atoms with Crippen molar-refractivity contribution in [2.75, 3.05) is 0 Å². The molecule has 0 fully saturated rings. The Hall–Kier alpha value is -2.88. The highest BCUT2D eigenvalue weighted by molar-refractivity contribution is 5.75. The minimum Gasteiger partial charge on any atom is -0.427 e. The number of hydrogen-bond donors (Lipinski definition) is 0. The van der Waals surface area contributed by atoms with Crippen LogP contribution in [-0.2, 0) is 9.59 Å². The van der Waals surface area contributed by atoms with Crippen LogP contribution in [0.1, 0.15) is 25.7 Å². The van der Waals surface area contributed by atoms with E-state index >= 15 is 0 Å². The first kappa shape index (κ1) is 18.5. The van der Waals surface area contributed by atoms with Gasteiger partial charge in [0.05, 0.1) is 5.92 Å². The zero-order chi connectivity index (χ0) is 17.9. The molecule has 2 aromatic rings. The molecule has 0 heterocycles. The van der Waals surface area contributed by atoms with Crippen molar-refractivity contribution < 1.29 is 19.1 Å². The molecular weight excluding hydrogens is 316 g/mol. The van der Waals surface area contributed by atoms with E-state index in [0.717, 1.165) is 0 Å². The Kier molecular flexibility index (Phi) is 7.44.